The summed E-state index contributed by atoms with van der Waals surface area (Å²) in [5, 5.41) is 9.41. The first-order chi connectivity index (χ1) is 14.7. The Hall–Kier alpha value is -3.13. The van der Waals surface area contributed by atoms with Gasteiger partial charge in [0.2, 0.25) is 0 Å². The first-order valence-electron chi connectivity index (χ1n) is 9.55. The molecule has 0 saturated heterocycles. The van der Waals surface area contributed by atoms with Crippen LogP contribution in [0.25, 0.3) is 11.0 Å². The van der Waals surface area contributed by atoms with E-state index in [0.29, 0.717) is 18.2 Å². The third-order valence-electron chi connectivity index (χ3n) is 4.82. The van der Waals surface area contributed by atoms with Crippen LogP contribution in [-0.4, -0.2) is 33.1 Å². The Morgan fingerprint density at radius 3 is 2.67 bits per heavy atom. The van der Waals surface area contributed by atoms with Crippen molar-refractivity contribution < 1.29 is 9.13 Å². The summed E-state index contributed by atoms with van der Waals surface area (Å²) < 4.78 is 20.5. The second-order valence-electron chi connectivity index (χ2n) is 6.71. The summed E-state index contributed by atoms with van der Waals surface area (Å²) in [5.41, 5.74) is 2.88. The number of aromatic nitrogens is 4. The van der Waals surface area contributed by atoms with E-state index >= 15 is 0 Å². The van der Waals surface area contributed by atoms with Crippen LogP contribution in [0, 0.1) is 5.82 Å². The van der Waals surface area contributed by atoms with Gasteiger partial charge in [-0.1, -0.05) is 42.1 Å². The standard InChI is InChI=1S/C22H22FN5OS/c1-29-19-6-4-3-5-16(19)11-12-28-21-18(14-25-28)20(26-22(27-21)30-2)24-13-15-7-9-17(23)10-8-15/h3-10,14H,11-13H2,1-2H3,(H,24,26,27). The molecule has 1 N–H and O–H groups in total. The molecule has 0 spiro atoms. The Kier molecular flexibility index (Phi) is 6.13. The van der Waals surface area contributed by atoms with E-state index < -0.39 is 0 Å². The van der Waals surface area contributed by atoms with Gasteiger partial charge in [-0.25, -0.2) is 19.0 Å². The molecular weight excluding hydrogens is 401 g/mol. The summed E-state index contributed by atoms with van der Waals surface area (Å²) in [6, 6.07) is 14.4. The van der Waals surface area contributed by atoms with Gasteiger partial charge in [0.15, 0.2) is 10.8 Å². The van der Waals surface area contributed by atoms with E-state index in [-0.39, 0.29) is 5.82 Å². The van der Waals surface area contributed by atoms with Gasteiger partial charge in [-0.05, 0) is 42.0 Å². The predicted octanol–water partition coefficient (Wildman–Crippen LogP) is 4.55. The molecule has 0 bridgehead atoms. The molecule has 0 radical (unpaired) electrons. The molecule has 2 heterocycles. The van der Waals surface area contributed by atoms with Crippen LogP contribution in [-0.2, 0) is 19.5 Å². The number of rotatable bonds is 8. The highest BCUT2D eigenvalue weighted by Crippen LogP contribution is 2.25. The Morgan fingerprint density at radius 1 is 1.10 bits per heavy atom. The fourth-order valence-electron chi connectivity index (χ4n) is 3.25. The monoisotopic (exact) mass is 423 g/mol. The van der Waals surface area contributed by atoms with E-state index in [9.17, 15) is 4.39 Å². The largest absolute Gasteiger partial charge is 0.496 e. The van der Waals surface area contributed by atoms with Gasteiger partial charge in [0.1, 0.15) is 17.4 Å². The Labute approximate surface area is 178 Å². The van der Waals surface area contributed by atoms with Crippen molar-refractivity contribution in [3.8, 4) is 5.75 Å². The maximum atomic E-state index is 13.1. The Bertz CT molecular complexity index is 1150. The number of thioether (sulfide) groups is 1. The Morgan fingerprint density at radius 2 is 1.90 bits per heavy atom. The van der Waals surface area contributed by atoms with Crippen LogP contribution < -0.4 is 10.1 Å². The number of nitrogens with zero attached hydrogens (tertiary/aromatic N) is 4. The first-order valence-corrected chi connectivity index (χ1v) is 10.8. The molecule has 4 rings (SSSR count). The molecule has 0 fully saturated rings. The maximum Gasteiger partial charge on any atom is 0.191 e. The number of halogens is 1. The zero-order valence-electron chi connectivity index (χ0n) is 16.8. The van der Waals surface area contributed by atoms with Crippen LogP contribution in [0.3, 0.4) is 0 Å². The molecule has 0 unspecified atom stereocenters. The summed E-state index contributed by atoms with van der Waals surface area (Å²) in [6.07, 6.45) is 4.51. The number of anilines is 1. The lowest BCUT2D eigenvalue weighted by Gasteiger charge is -2.10. The van der Waals surface area contributed by atoms with Crippen LogP contribution in [0.15, 0.2) is 59.9 Å². The van der Waals surface area contributed by atoms with Gasteiger partial charge in [-0.3, -0.25) is 0 Å². The SMILES string of the molecule is COc1ccccc1CCn1ncc2c(NCc3ccc(F)cc3)nc(SC)nc21. The summed E-state index contributed by atoms with van der Waals surface area (Å²) >= 11 is 1.48. The molecular formula is C22H22FN5OS. The zero-order valence-corrected chi connectivity index (χ0v) is 17.6. The van der Waals surface area contributed by atoms with Crippen molar-refractivity contribution in [3.63, 3.8) is 0 Å². The van der Waals surface area contributed by atoms with Gasteiger partial charge < -0.3 is 10.1 Å². The van der Waals surface area contributed by atoms with Crippen LogP contribution in [0.2, 0.25) is 0 Å². The van der Waals surface area contributed by atoms with Gasteiger partial charge in [-0.15, -0.1) is 0 Å². The van der Waals surface area contributed by atoms with Crippen molar-refractivity contribution in [2.24, 2.45) is 0 Å². The summed E-state index contributed by atoms with van der Waals surface area (Å²) in [5.74, 6) is 1.34. The molecule has 30 heavy (non-hydrogen) atoms. The quantitative estimate of drug-likeness (QED) is 0.331. The van der Waals surface area contributed by atoms with Crippen molar-refractivity contribution in [1.29, 1.82) is 0 Å². The summed E-state index contributed by atoms with van der Waals surface area (Å²) in [6.45, 7) is 1.21. The van der Waals surface area contributed by atoms with Crippen LogP contribution in [0.5, 0.6) is 5.75 Å². The summed E-state index contributed by atoms with van der Waals surface area (Å²) in [7, 11) is 1.68. The minimum Gasteiger partial charge on any atom is -0.496 e. The van der Waals surface area contributed by atoms with Crippen molar-refractivity contribution in [3.05, 3.63) is 71.7 Å². The van der Waals surface area contributed by atoms with E-state index in [4.69, 9.17) is 4.74 Å². The molecule has 0 aliphatic rings. The predicted molar refractivity (Wildman–Crippen MR) is 118 cm³/mol. The van der Waals surface area contributed by atoms with Crippen LogP contribution in [0.4, 0.5) is 10.2 Å². The average molecular weight is 424 g/mol. The normalized spacial score (nSPS) is 11.0. The molecule has 2 aromatic carbocycles. The van der Waals surface area contributed by atoms with Crippen molar-refractivity contribution in [2.45, 2.75) is 24.7 Å². The number of methoxy groups -OCH3 is 1. The van der Waals surface area contributed by atoms with E-state index in [0.717, 1.165) is 40.1 Å². The minimum absolute atomic E-state index is 0.246. The second kappa shape index (κ2) is 9.13. The molecule has 154 valence electrons. The van der Waals surface area contributed by atoms with Crippen molar-refractivity contribution >= 4 is 28.6 Å². The molecule has 4 aromatic rings. The molecule has 6 nitrogen and oxygen atoms in total. The molecule has 0 aliphatic carbocycles. The number of aryl methyl sites for hydroxylation is 2. The van der Waals surface area contributed by atoms with E-state index in [2.05, 4.69) is 26.4 Å². The van der Waals surface area contributed by atoms with Gasteiger partial charge in [0.05, 0.1) is 18.7 Å². The van der Waals surface area contributed by atoms with Crippen LogP contribution in [0.1, 0.15) is 11.1 Å². The lowest BCUT2D eigenvalue weighted by Crippen LogP contribution is -2.07. The summed E-state index contributed by atoms with van der Waals surface area (Å²) in [4.78, 5) is 9.27. The third kappa shape index (κ3) is 4.38. The van der Waals surface area contributed by atoms with Crippen molar-refractivity contribution in [1.82, 2.24) is 19.7 Å². The second-order valence-corrected chi connectivity index (χ2v) is 7.48. The first kappa shape index (κ1) is 20.2. The number of para-hydroxylation sites is 1. The molecule has 8 heteroatoms. The fraction of sp³-hybridized carbons (Fsp3) is 0.227. The lowest BCUT2D eigenvalue weighted by molar-refractivity contribution is 0.408. The molecule has 0 saturated carbocycles. The third-order valence-corrected chi connectivity index (χ3v) is 5.36. The van der Waals surface area contributed by atoms with E-state index in [1.54, 1.807) is 25.4 Å². The van der Waals surface area contributed by atoms with Gasteiger partial charge >= 0.3 is 0 Å². The molecule has 0 aliphatic heterocycles. The average Bonchev–Trinajstić information content (AvgIpc) is 3.20. The number of nitrogens with one attached hydrogen (secondary N) is 1. The van der Waals surface area contributed by atoms with Gasteiger partial charge in [-0.2, -0.15) is 5.10 Å². The molecule has 2 aromatic heterocycles. The highest BCUT2D eigenvalue weighted by atomic mass is 32.2. The molecule has 0 amide bonds. The van der Waals surface area contributed by atoms with Gasteiger partial charge in [0.25, 0.3) is 0 Å². The number of benzene rings is 2. The highest BCUT2D eigenvalue weighted by molar-refractivity contribution is 7.98. The topological polar surface area (TPSA) is 64.9 Å². The maximum absolute atomic E-state index is 13.1. The minimum atomic E-state index is -0.246. The van der Waals surface area contributed by atoms with Crippen molar-refractivity contribution in [2.75, 3.05) is 18.7 Å². The number of fused-ring (bicyclic) bond motifs is 1. The molecule has 0 atom stereocenters. The fourth-order valence-corrected chi connectivity index (χ4v) is 3.61. The Balaban J connectivity index is 1.58. The number of ether oxygens (including phenoxy) is 1. The van der Waals surface area contributed by atoms with Gasteiger partial charge in [0, 0.05) is 13.1 Å². The van der Waals surface area contributed by atoms with E-state index in [1.807, 2.05) is 29.1 Å². The lowest BCUT2D eigenvalue weighted by atomic mass is 10.1. The smallest absolute Gasteiger partial charge is 0.191 e. The zero-order chi connectivity index (χ0) is 20.9. The number of hydrogen-bond acceptors (Lipinski definition) is 6. The highest BCUT2D eigenvalue weighted by Gasteiger charge is 2.13. The van der Waals surface area contributed by atoms with E-state index in [1.165, 1.54) is 23.9 Å². The number of hydrogen-bond donors (Lipinski definition) is 1. The van der Waals surface area contributed by atoms with Crippen LogP contribution >= 0.6 is 11.8 Å².